The third-order valence-electron chi connectivity index (χ3n) is 7.51. The fourth-order valence-electron chi connectivity index (χ4n) is 4.95. The van der Waals surface area contributed by atoms with Gasteiger partial charge in [-0.1, -0.05) is 120 Å². The first kappa shape index (κ1) is 45.1. The van der Waals surface area contributed by atoms with Gasteiger partial charge in [-0.25, -0.2) is 0 Å². The van der Waals surface area contributed by atoms with Crippen molar-refractivity contribution in [1.82, 2.24) is 39.1 Å². The summed E-state index contributed by atoms with van der Waals surface area (Å²) in [5, 5.41) is 62.2. The van der Waals surface area contributed by atoms with Crippen LogP contribution in [0.2, 0.25) is 0 Å². The first-order valence-electron chi connectivity index (χ1n) is 16.1. The van der Waals surface area contributed by atoms with Gasteiger partial charge in [0.25, 0.3) is 0 Å². The SMILES string of the molecule is Cn1ccc(-c2ccccc2[O-])n1.Cn1ccc(-c2ccccc2[O-])n1.Cn1ccc(-c2ccccc2[O-])n1.Cn1ccc(-c2ccccc2[O-])n1.[Fe+3].[Fe+3].[O-2]. The van der Waals surface area contributed by atoms with Crippen molar-refractivity contribution >= 4 is 0 Å². The van der Waals surface area contributed by atoms with E-state index in [9.17, 15) is 20.4 Å². The number of nitrogens with zero attached hydrogens (tertiary/aromatic N) is 8. The zero-order valence-corrected chi connectivity index (χ0v) is 32.4. The maximum absolute atomic E-state index is 11.4. The molecule has 2 radical (unpaired) electrons. The Bertz CT molecular complexity index is 2020. The molecule has 0 amide bonds. The summed E-state index contributed by atoms with van der Waals surface area (Å²) in [6.07, 6.45) is 7.28. The Kier molecular flexibility index (Phi) is 17.7. The normalized spacial score (nSPS) is 9.67. The van der Waals surface area contributed by atoms with E-state index in [1.807, 2.05) is 102 Å². The third kappa shape index (κ3) is 12.5. The van der Waals surface area contributed by atoms with E-state index in [0.717, 1.165) is 22.8 Å². The molecule has 8 aromatic rings. The van der Waals surface area contributed by atoms with Crippen molar-refractivity contribution in [3.63, 3.8) is 0 Å². The summed E-state index contributed by atoms with van der Waals surface area (Å²) < 4.78 is 6.73. The van der Waals surface area contributed by atoms with Crippen LogP contribution >= 0.6 is 0 Å². The van der Waals surface area contributed by atoms with Gasteiger partial charge in [0.2, 0.25) is 0 Å². The zero-order valence-electron chi connectivity index (χ0n) is 30.2. The van der Waals surface area contributed by atoms with Crippen LogP contribution in [0.1, 0.15) is 0 Å². The van der Waals surface area contributed by atoms with Crippen LogP contribution in [0.5, 0.6) is 23.0 Å². The molecule has 4 aromatic heterocycles. The Labute approximate surface area is 340 Å². The average molecular weight is 820 g/mol. The standard InChI is InChI=1S/4C10H10N2O.2Fe.O/c4*1-12-7-6-9(11-12)8-4-2-3-5-10(8)13;;;/h4*2-7,13H,1H3;;;/q;;;;2*+3;-2/p-4. The zero-order chi connectivity index (χ0) is 37.0. The monoisotopic (exact) mass is 820 g/mol. The second kappa shape index (κ2) is 21.6. The molecule has 13 nitrogen and oxygen atoms in total. The van der Waals surface area contributed by atoms with Gasteiger partial charge >= 0.3 is 34.1 Å². The van der Waals surface area contributed by atoms with Crippen LogP contribution in [-0.2, 0) is 67.8 Å². The fourth-order valence-corrected chi connectivity index (χ4v) is 4.95. The molecule has 15 heteroatoms. The van der Waals surface area contributed by atoms with E-state index in [1.54, 1.807) is 91.5 Å². The molecule has 8 rings (SSSR count). The molecule has 4 heterocycles. The predicted octanol–water partition coefficient (Wildman–Crippen LogP) is 4.52. The molecule has 55 heavy (non-hydrogen) atoms. The largest absolute Gasteiger partial charge is 3.00 e. The van der Waals surface area contributed by atoms with Gasteiger partial charge in [0.15, 0.2) is 0 Å². The molecule has 0 spiro atoms. The Morgan fingerprint density at radius 3 is 0.655 bits per heavy atom. The number of benzene rings is 4. The summed E-state index contributed by atoms with van der Waals surface area (Å²) in [7, 11) is 7.32. The molecular weight excluding hydrogens is 784 g/mol. The Morgan fingerprint density at radius 1 is 0.327 bits per heavy atom. The second-order valence-corrected chi connectivity index (χ2v) is 11.5. The van der Waals surface area contributed by atoms with Crippen molar-refractivity contribution < 1.29 is 60.0 Å². The van der Waals surface area contributed by atoms with Crippen molar-refractivity contribution in [2.45, 2.75) is 0 Å². The summed E-state index contributed by atoms with van der Waals surface area (Å²) in [4.78, 5) is 0. The van der Waals surface area contributed by atoms with Gasteiger partial charge in [0, 0.05) is 53.0 Å². The summed E-state index contributed by atoms with van der Waals surface area (Å²) in [6.45, 7) is 0. The fraction of sp³-hybridized carbons (Fsp3) is 0.100. The topological polar surface area (TPSA) is 192 Å². The second-order valence-electron chi connectivity index (χ2n) is 11.5. The van der Waals surface area contributed by atoms with Gasteiger partial charge in [0.1, 0.15) is 0 Å². The van der Waals surface area contributed by atoms with Gasteiger partial charge in [-0.3, -0.25) is 18.7 Å². The molecule has 0 saturated carbocycles. The Balaban J connectivity index is 0.000000249. The van der Waals surface area contributed by atoms with Crippen LogP contribution in [0.25, 0.3) is 45.0 Å². The maximum atomic E-state index is 11.4. The van der Waals surface area contributed by atoms with Gasteiger partial charge in [-0.05, 0) is 46.5 Å². The molecule has 282 valence electrons. The van der Waals surface area contributed by atoms with Crippen LogP contribution in [-0.4, -0.2) is 39.1 Å². The van der Waals surface area contributed by atoms with Crippen LogP contribution < -0.4 is 20.4 Å². The summed E-state index contributed by atoms with van der Waals surface area (Å²) in [5.41, 5.74) is 5.54. The molecule has 4 aromatic carbocycles. The number of aromatic nitrogens is 8. The van der Waals surface area contributed by atoms with Gasteiger partial charge < -0.3 is 25.9 Å². The van der Waals surface area contributed by atoms with E-state index in [-0.39, 0.29) is 62.6 Å². The van der Waals surface area contributed by atoms with Gasteiger partial charge in [-0.2, -0.15) is 20.4 Å². The number of hydrogen-bond acceptors (Lipinski definition) is 8. The van der Waals surface area contributed by atoms with Crippen molar-refractivity contribution in [3.05, 3.63) is 146 Å². The molecule has 0 unspecified atom stereocenters. The number of rotatable bonds is 4. The molecule has 0 atom stereocenters. The summed E-state index contributed by atoms with van der Waals surface area (Å²) >= 11 is 0. The van der Waals surface area contributed by atoms with Gasteiger partial charge in [-0.15, -0.1) is 0 Å². The maximum Gasteiger partial charge on any atom is 3.00 e. The first-order chi connectivity index (χ1) is 25.1. The van der Waals surface area contributed by atoms with Crippen molar-refractivity contribution in [2.24, 2.45) is 28.2 Å². The number of para-hydroxylation sites is 4. The van der Waals surface area contributed by atoms with Crippen LogP contribution in [0.4, 0.5) is 0 Å². The molecule has 0 bridgehead atoms. The average Bonchev–Trinajstić information content (AvgIpc) is 3.96. The molecule has 0 N–H and O–H groups in total. The molecule has 0 saturated heterocycles. The van der Waals surface area contributed by atoms with Gasteiger partial charge in [0.05, 0.1) is 22.8 Å². The van der Waals surface area contributed by atoms with Crippen LogP contribution in [0.3, 0.4) is 0 Å². The van der Waals surface area contributed by atoms with Crippen molar-refractivity contribution in [2.75, 3.05) is 0 Å². The Hall–Kier alpha value is -6.08. The molecule has 0 aliphatic heterocycles. The third-order valence-corrected chi connectivity index (χ3v) is 7.51. The first-order valence-corrected chi connectivity index (χ1v) is 16.1. The summed E-state index contributed by atoms with van der Waals surface area (Å²) in [6, 6.07) is 34.9. The quantitative estimate of drug-likeness (QED) is 0.232. The van der Waals surface area contributed by atoms with E-state index < -0.39 is 0 Å². The molecule has 0 aliphatic carbocycles. The number of aryl methyl sites for hydroxylation is 4. The van der Waals surface area contributed by atoms with E-state index in [1.165, 1.54) is 0 Å². The minimum atomic E-state index is 0. The van der Waals surface area contributed by atoms with E-state index in [0.29, 0.717) is 22.3 Å². The van der Waals surface area contributed by atoms with Crippen LogP contribution in [0, 0.1) is 0 Å². The molecule has 0 fully saturated rings. The summed E-state index contributed by atoms with van der Waals surface area (Å²) in [5.74, 6) is 0.0600. The van der Waals surface area contributed by atoms with Crippen LogP contribution in [0.15, 0.2) is 146 Å². The minimum absolute atomic E-state index is 0. The van der Waals surface area contributed by atoms with Crippen molar-refractivity contribution in [1.29, 1.82) is 0 Å². The van der Waals surface area contributed by atoms with E-state index in [4.69, 9.17) is 0 Å². The predicted molar refractivity (Wildman–Crippen MR) is 193 cm³/mol. The van der Waals surface area contributed by atoms with Crippen molar-refractivity contribution in [3.8, 4) is 68.0 Å². The molecule has 0 aliphatic rings. The van der Waals surface area contributed by atoms with E-state index in [2.05, 4.69) is 20.4 Å². The Morgan fingerprint density at radius 2 is 0.509 bits per heavy atom. The van der Waals surface area contributed by atoms with E-state index >= 15 is 0 Å². The molecular formula is C40H36Fe2N8O5. The minimum Gasteiger partial charge on any atom is -2.00 e. The smallest absolute Gasteiger partial charge is 2.00 e. The number of hydrogen-bond donors (Lipinski definition) is 0.